The fourth-order valence-corrected chi connectivity index (χ4v) is 3.86. The van der Waals surface area contributed by atoms with Gasteiger partial charge in [0.05, 0.1) is 6.33 Å². The predicted molar refractivity (Wildman–Crippen MR) is 116 cm³/mol. The monoisotopic (exact) mass is 525 g/mol. The first kappa shape index (κ1) is 20.7. The Morgan fingerprint density at radius 2 is 2.10 bits per heavy atom. The summed E-state index contributed by atoms with van der Waals surface area (Å²) in [5.74, 6) is -0.0231. The third-order valence-electron chi connectivity index (χ3n) is 4.90. The van der Waals surface area contributed by atoms with E-state index < -0.39 is 30.4 Å². The van der Waals surface area contributed by atoms with Crippen LogP contribution in [0.25, 0.3) is 11.2 Å². The minimum absolute atomic E-state index is 0.396. The number of carbonyl (C=O) groups excluding carboxylic acids is 1. The molecule has 0 radical (unpaired) electrons. The number of nitrogens with two attached hydrogens (primary N) is 1. The Hall–Kier alpha value is -2.55. The average molecular weight is 525 g/mol. The zero-order valence-corrected chi connectivity index (χ0v) is 18.0. The predicted octanol–water partition coefficient (Wildman–Crippen LogP) is -0.00960. The number of anilines is 2. The zero-order chi connectivity index (χ0) is 21.4. The van der Waals surface area contributed by atoms with E-state index in [0.29, 0.717) is 23.5 Å². The van der Waals surface area contributed by atoms with Crippen molar-refractivity contribution >= 4 is 51.2 Å². The second kappa shape index (κ2) is 8.29. The molecule has 1 amide bonds. The summed E-state index contributed by atoms with van der Waals surface area (Å²) in [6.45, 7) is 0.495. The molecule has 0 bridgehead atoms. The molecule has 1 unspecified atom stereocenters. The average Bonchev–Trinajstić information content (AvgIpc) is 3.30. The molecule has 0 saturated carbocycles. The lowest BCUT2D eigenvalue weighted by Crippen LogP contribution is -2.41. The summed E-state index contributed by atoms with van der Waals surface area (Å²) in [7, 11) is 1.43. The molecule has 3 aromatic rings. The third kappa shape index (κ3) is 3.66. The lowest BCUT2D eigenvalue weighted by atomic mass is 10.1. The van der Waals surface area contributed by atoms with E-state index in [1.54, 1.807) is 0 Å². The minimum Gasteiger partial charge on any atom is -0.398 e. The Morgan fingerprint density at radius 1 is 1.30 bits per heavy atom. The van der Waals surface area contributed by atoms with Crippen LogP contribution in [0.3, 0.4) is 0 Å². The van der Waals surface area contributed by atoms with Crippen LogP contribution in [-0.4, -0.2) is 61.0 Å². The summed E-state index contributed by atoms with van der Waals surface area (Å²) < 4.78 is 8.04. The highest BCUT2D eigenvalue weighted by Crippen LogP contribution is 2.32. The topological polar surface area (TPSA) is 160 Å². The molecule has 158 valence electrons. The number of ether oxygens (including phenoxy) is 1. The van der Waals surface area contributed by atoms with E-state index in [4.69, 9.17) is 10.5 Å². The van der Waals surface area contributed by atoms with Crippen molar-refractivity contribution in [2.75, 3.05) is 18.1 Å². The quantitative estimate of drug-likeness (QED) is 0.228. The number of nitrogens with one attached hydrogen (secondary N) is 2. The van der Waals surface area contributed by atoms with E-state index in [9.17, 15) is 15.0 Å². The summed E-state index contributed by atoms with van der Waals surface area (Å²) in [6, 6.07) is 5.74. The van der Waals surface area contributed by atoms with Crippen molar-refractivity contribution in [1.82, 2.24) is 24.8 Å². The van der Waals surface area contributed by atoms with Gasteiger partial charge < -0.3 is 31.3 Å². The van der Waals surface area contributed by atoms with Crippen LogP contribution in [0.5, 0.6) is 0 Å². The molecule has 1 fully saturated rings. The molecule has 0 aliphatic carbocycles. The van der Waals surface area contributed by atoms with E-state index in [2.05, 4.69) is 48.2 Å². The highest BCUT2D eigenvalue weighted by atomic mass is 127. The van der Waals surface area contributed by atoms with Crippen molar-refractivity contribution in [3.63, 3.8) is 0 Å². The van der Waals surface area contributed by atoms with Gasteiger partial charge in [-0.3, -0.25) is 9.36 Å². The van der Waals surface area contributed by atoms with Gasteiger partial charge in [-0.1, -0.05) is 6.07 Å². The molecule has 11 nitrogen and oxygen atoms in total. The Morgan fingerprint density at radius 3 is 2.83 bits per heavy atom. The lowest BCUT2D eigenvalue weighted by molar-refractivity contribution is -0.137. The fourth-order valence-electron chi connectivity index (χ4n) is 3.28. The number of rotatable bonds is 5. The minimum atomic E-state index is -1.38. The number of amides is 1. The number of hydrogen-bond donors (Lipinski definition) is 5. The number of likely N-dealkylation sites (N-methyl/N-ethyl adjacent to an activating group) is 1. The second-order valence-electron chi connectivity index (χ2n) is 6.80. The van der Waals surface area contributed by atoms with Gasteiger partial charge in [0.15, 0.2) is 29.3 Å². The van der Waals surface area contributed by atoms with Gasteiger partial charge in [-0.25, -0.2) is 15.0 Å². The van der Waals surface area contributed by atoms with Crippen molar-refractivity contribution in [2.24, 2.45) is 0 Å². The van der Waals surface area contributed by atoms with Crippen LogP contribution in [0.15, 0.2) is 30.9 Å². The molecule has 2 aromatic heterocycles. The molecular weight excluding hydrogens is 505 g/mol. The number of carbonyl (C=O) groups is 1. The van der Waals surface area contributed by atoms with Gasteiger partial charge in [0.2, 0.25) is 0 Å². The number of nitrogens with zero attached hydrogens (tertiary/aromatic N) is 4. The number of aliphatic hydroxyl groups is 2. The maximum Gasteiger partial charge on any atom is 0.251 e. The van der Waals surface area contributed by atoms with Crippen LogP contribution in [0, 0.1) is 3.57 Å². The number of aliphatic hydroxyl groups excluding tert-OH is 2. The number of imidazole rings is 1. The SMILES string of the molecule is CNC(=O)[C@H]1O[C@@H](n2cnc3c(NCc4ccc(N)c(I)c4)ncnc32)[C@@H](O)C1O. The van der Waals surface area contributed by atoms with E-state index in [1.165, 1.54) is 24.3 Å². The van der Waals surface area contributed by atoms with Gasteiger partial charge in [0, 0.05) is 22.8 Å². The Balaban J connectivity index is 1.59. The molecule has 0 spiro atoms. The first-order valence-corrected chi connectivity index (χ1v) is 10.2. The van der Waals surface area contributed by atoms with E-state index in [-0.39, 0.29) is 0 Å². The lowest BCUT2D eigenvalue weighted by Gasteiger charge is -2.16. The van der Waals surface area contributed by atoms with Crippen LogP contribution >= 0.6 is 22.6 Å². The van der Waals surface area contributed by atoms with Crippen molar-refractivity contribution < 1.29 is 19.7 Å². The van der Waals surface area contributed by atoms with E-state index in [1.807, 2.05) is 18.2 Å². The highest BCUT2D eigenvalue weighted by Gasteiger charge is 2.47. The molecule has 3 heterocycles. The van der Waals surface area contributed by atoms with Gasteiger partial charge in [-0.15, -0.1) is 0 Å². The second-order valence-corrected chi connectivity index (χ2v) is 7.96. The molecule has 1 aliphatic heterocycles. The van der Waals surface area contributed by atoms with Gasteiger partial charge in [0.25, 0.3) is 5.91 Å². The number of aromatic nitrogens is 4. The van der Waals surface area contributed by atoms with Crippen molar-refractivity contribution in [3.8, 4) is 0 Å². The van der Waals surface area contributed by atoms with Crippen molar-refractivity contribution in [1.29, 1.82) is 0 Å². The molecule has 1 aliphatic rings. The standard InChI is InChI=1S/C18H20IN7O4/c1-21-17(29)14-12(27)13(28)18(30-14)26-7-25-11-15(23-6-24-16(11)26)22-5-8-2-3-10(20)9(19)4-8/h2-4,6-7,12-14,18,27-28H,5,20H2,1H3,(H,21,29)(H,22,23,24)/t12?,13-,14-,18+/m0/s1. The van der Waals surface area contributed by atoms with Crippen LogP contribution < -0.4 is 16.4 Å². The smallest absolute Gasteiger partial charge is 0.251 e. The Labute approximate surface area is 184 Å². The van der Waals surface area contributed by atoms with E-state index in [0.717, 1.165) is 14.8 Å². The largest absolute Gasteiger partial charge is 0.398 e. The van der Waals surface area contributed by atoms with Gasteiger partial charge in [0.1, 0.15) is 18.5 Å². The van der Waals surface area contributed by atoms with Crippen LogP contribution in [0.4, 0.5) is 11.5 Å². The summed E-state index contributed by atoms with van der Waals surface area (Å²) in [4.78, 5) is 24.7. The zero-order valence-electron chi connectivity index (χ0n) is 15.9. The number of fused-ring (bicyclic) bond motifs is 1. The molecule has 1 aromatic carbocycles. The molecule has 1 saturated heterocycles. The fraction of sp³-hybridized carbons (Fsp3) is 0.333. The number of benzene rings is 1. The summed E-state index contributed by atoms with van der Waals surface area (Å²) in [5, 5.41) is 26.2. The first-order chi connectivity index (χ1) is 14.4. The van der Waals surface area contributed by atoms with E-state index >= 15 is 0 Å². The maximum atomic E-state index is 11.9. The highest BCUT2D eigenvalue weighted by molar-refractivity contribution is 14.1. The summed E-state index contributed by atoms with van der Waals surface area (Å²) in [6.07, 6.45) is -2.12. The molecule has 4 atom stereocenters. The van der Waals surface area contributed by atoms with Crippen molar-refractivity contribution in [3.05, 3.63) is 40.0 Å². The molecular formula is C18H20IN7O4. The van der Waals surface area contributed by atoms with Crippen LogP contribution in [0.1, 0.15) is 11.8 Å². The molecule has 4 rings (SSSR count). The summed E-state index contributed by atoms with van der Waals surface area (Å²) in [5.41, 5.74) is 8.46. The van der Waals surface area contributed by atoms with Crippen LogP contribution in [-0.2, 0) is 16.1 Å². The Bertz CT molecular complexity index is 1090. The Kier molecular flexibility index (Phi) is 5.73. The van der Waals surface area contributed by atoms with Gasteiger partial charge >= 0.3 is 0 Å². The number of nitrogen functional groups attached to an aromatic ring is 1. The first-order valence-electron chi connectivity index (χ1n) is 9.09. The van der Waals surface area contributed by atoms with Gasteiger partial charge in [-0.05, 0) is 40.3 Å². The molecule has 6 N–H and O–H groups in total. The molecule has 30 heavy (non-hydrogen) atoms. The summed E-state index contributed by atoms with van der Waals surface area (Å²) >= 11 is 2.18. The van der Waals surface area contributed by atoms with Crippen molar-refractivity contribution in [2.45, 2.75) is 31.1 Å². The normalized spacial score (nSPS) is 23.6. The maximum absolute atomic E-state index is 11.9. The van der Waals surface area contributed by atoms with Gasteiger partial charge in [-0.2, -0.15) is 0 Å². The number of halogens is 1. The molecule has 12 heteroatoms. The number of hydrogen-bond acceptors (Lipinski definition) is 9. The van der Waals surface area contributed by atoms with Crippen LogP contribution in [0.2, 0.25) is 0 Å². The third-order valence-corrected chi connectivity index (χ3v) is 5.84.